The number of thiazole rings is 1. The first-order chi connectivity index (χ1) is 6.75. The van der Waals surface area contributed by atoms with E-state index in [0.717, 1.165) is 29.1 Å². The Bertz CT molecular complexity index is 296. The summed E-state index contributed by atoms with van der Waals surface area (Å²) < 4.78 is 0. The maximum atomic E-state index is 5.24. The molecule has 0 aliphatic carbocycles. The van der Waals surface area contributed by atoms with Crippen LogP contribution in [0, 0.1) is 6.92 Å². The number of aromatic nitrogens is 1. The maximum absolute atomic E-state index is 5.24. The highest BCUT2D eigenvalue weighted by Crippen LogP contribution is 2.18. The van der Waals surface area contributed by atoms with Gasteiger partial charge in [-0.15, -0.1) is 11.3 Å². The van der Waals surface area contributed by atoms with Crippen LogP contribution >= 0.6 is 11.3 Å². The van der Waals surface area contributed by atoms with Crippen molar-refractivity contribution in [3.05, 3.63) is 22.7 Å². The average molecular weight is 212 g/mol. The van der Waals surface area contributed by atoms with Gasteiger partial charge in [-0.1, -0.05) is 19.9 Å². The summed E-state index contributed by atoms with van der Waals surface area (Å²) in [6, 6.07) is 0. The van der Waals surface area contributed by atoms with Crippen LogP contribution in [0.5, 0.6) is 0 Å². The van der Waals surface area contributed by atoms with Gasteiger partial charge in [-0.25, -0.2) is 4.98 Å². The summed E-state index contributed by atoms with van der Waals surface area (Å²) in [5.41, 5.74) is 6.43. The Morgan fingerprint density at radius 1 is 1.71 bits per heavy atom. The highest BCUT2D eigenvalue weighted by molar-refractivity contribution is 7.10. The van der Waals surface area contributed by atoms with Crippen molar-refractivity contribution >= 4 is 17.0 Å². The molecule has 4 heteroatoms. The molecule has 1 N–H and O–H groups in total. The quantitative estimate of drug-likeness (QED) is 0.581. The Labute approximate surface area is 88.8 Å². The number of rotatable bonds is 6. The number of hydroxylamine groups is 1. The van der Waals surface area contributed by atoms with Crippen molar-refractivity contribution in [1.29, 1.82) is 0 Å². The molecule has 14 heavy (non-hydrogen) atoms. The van der Waals surface area contributed by atoms with Crippen LogP contribution in [0.1, 0.15) is 30.3 Å². The SMILES string of the molecule is C=C(NOCCCC)c1scnc1C. The predicted molar refractivity (Wildman–Crippen MR) is 59.9 cm³/mol. The first-order valence-electron chi connectivity index (χ1n) is 4.73. The first-order valence-corrected chi connectivity index (χ1v) is 5.60. The Morgan fingerprint density at radius 2 is 2.50 bits per heavy atom. The predicted octanol–water partition coefficient (Wildman–Crippen LogP) is 2.74. The van der Waals surface area contributed by atoms with E-state index in [1.165, 1.54) is 0 Å². The molecule has 1 aromatic rings. The molecular formula is C10H16N2OS. The highest BCUT2D eigenvalue weighted by atomic mass is 32.1. The van der Waals surface area contributed by atoms with Crippen molar-refractivity contribution in [3.63, 3.8) is 0 Å². The zero-order valence-corrected chi connectivity index (χ0v) is 9.49. The minimum atomic E-state index is 0.716. The van der Waals surface area contributed by atoms with Crippen LogP contribution < -0.4 is 5.48 Å². The zero-order valence-electron chi connectivity index (χ0n) is 8.67. The highest BCUT2D eigenvalue weighted by Gasteiger charge is 2.04. The fourth-order valence-electron chi connectivity index (χ4n) is 0.993. The second-order valence-corrected chi connectivity index (χ2v) is 3.90. The van der Waals surface area contributed by atoms with E-state index in [4.69, 9.17) is 4.84 Å². The molecule has 78 valence electrons. The van der Waals surface area contributed by atoms with Crippen molar-refractivity contribution in [2.45, 2.75) is 26.7 Å². The summed E-state index contributed by atoms with van der Waals surface area (Å²) in [7, 11) is 0. The van der Waals surface area contributed by atoms with Gasteiger partial charge < -0.3 is 0 Å². The smallest absolute Gasteiger partial charge is 0.0801 e. The normalized spacial score (nSPS) is 10.1. The Hall–Kier alpha value is -0.870. The Morgan fingerprint density at radius 3 is 3.07 bits per heavy atom. The molecule has 0 unspecified atom stereocenters. The third-order valence-corrected chi connectivity index (χ3v) is 2.80. The second-order valence-electron chi connectivity index (χ2n) is 3.05. The molecule has 0 saturated heterocycles. The third kappa shape index (κ3) is 3.12. The van der Waals surface area contributed by atoms with Crippen molar-refractivity contribution in [1.82, 2.24) is 10.5 Å². The molecule has 0 fully saturated rings. The molecule has 0 aromatic carbocycles. The number of hydrogen-bond acceptors (Lipinski definition) is 4. The van der Waals surface area contributed by atoms with Gasteiger partial charge in [0.05, 0.1) is 28.4 Å². The minimum absolute atomic E-state index is 0.716. The fourth-order valence-corrected chi connectivity index (χ4v) is 1.72. The first kappa shape index (κ1) is 11.2. The molecular weight excluding hydrogens is 196 g/mol. The fraction of sp³-hybridized carbons (Fsp3) is 0.500. The van der Waals surface area contributed by atoms with E-state index < -0.39 is 0 Å². The van der Waals surface area contributed by atoms with E-state index in [1.807, 2.05) is 12.4 Å². The summed E-state index contributed by atoms with van der Waals surface area (Å²) in [6.45, 7) is 8.70. The third-order valence-electron chi connectivity index (χ3n) is 1.81. The average Bonchev–Trinajstić information content (AvgIpc) is 2.59. The van der Waals surface area contributed by atoms with Gasteiger partial charge in [0, 0.05) is 0 Å². The molecule has 0 radical (unpaired) electrons. The van der Waals surface area contributed by atoms with Crippen LogP contribution in [-0.2, 0) is 4.84 Å². The number of nitrogens with zero attached hydrogens (tertiary/aromatic N) is 1. The van der Waals surface area contributed by atoms with Gasteiger partial charge in [0.25, 0.3) is 0 Å². The van der Waals surface area contributed by atoms with Crippen molar-refractivity contribution in [2.75, 3.05) is 6.61 Å². The summed E-state index contributed by atoms with van der Waals surface area (Å²) in [5.74, 6) is 0. The summed E-state index contributed by atoms with van der Waals surface area (Å²) in [6.07, 6.45) is 2.19. The lowest BCUT2D eigenvalue weighted by atomic mass is 10.3. The Balaban J connectivity index is 2.32. The number of unbranched alkanes of at least 4 members (excludes halogenated alkanes) is 1. The van der Waals surface area contributed by atoms with E-state index in [-0.39, 0.29) is 0 Å². The van der Waals surface area contributed by atoms with Gasteiger partial charge in [0.2, 0.25) is 0 Å². The molecule has 3 nitrogen and oxygen atoms in total. The van der Waals surface area contributed by atoms with Crippen molar-refractivity contribution in [3.8, 4) is 0 Å². The van der Waals surface area contributed by atoms with Crippen LogP contribution in [0.15, 0.2) is 12.1 Å². The molecule has 0 aliphatic rings. The molecule has 0 amide bonds. The lowest BCUT2D eigenvalue weighted by Crippen LogP contribution is -2.12. The van der Waals surface area contributed by atoms with E-state index in [2.05, 4.69) is 24.0 Å². The number of hydrogen-bond donors (Lipinski definition) is 1. The van der Waals surface area contributed by atoms with Crippen LogP contribution in [0.2, 0.25) is 0 Å². The molecule has 0 atom stereocenters. The molecule has 0 saturated carbocycles. The monoisotopic (exact) mass is 212 g/mol. The van der Waals surface area contributed by atoms with E-state index >= 15 is 0 Å². The largest absolute Gasteiger partial charge is 0.276 e. The topological polar surface area (TPSA) is 34.1 Å². The second kappa shape index (κ2) is 5.78. The van der Waals surface area contributed by atoms with Crippen LogP contribution in [0.3, 0.4) is 0 Å². The van der Waals surface area contributed by atoms with Gasteiger partial charge in [-0.3, -0.25) is 10.3 Å². The standard InChI is InChI=1S/C10H16N2OS/c1-4-5-6-13-12-9(3)10-8(2)11-7-14-10/h7,12H,3-6H2,1-2H3. The maximum Gasteiger partial charge on any atom is 0.0801 e. The van der Waals surface area contributed by atoms with Gasteiger partial charge >= 0.3 is 0 Å². The summed E-state index contributed by atoms with van der Waals surface area (Å²) in [5, 5.41) is 0. The molecule has 1 heterocycles. The van der Waals surface area contributed by atoms with Gasteiger partial charge in [-0.05, 0) is 13.3 Å². The molecule has 0 aliphatic heterocycles. The van der Waals surface area contributed by atoms with Crippen molar-refractivity contribution < 1.29 is 4.84 Å². The lowest BCUT2D eigenvalue weighted by Gasteiger charge is -2.07. The molecule has 1 aromatic heterocycles. The molecule has 0 spiro atoms. The number of aryl methyl sites for hydroxylation is 1. The van der Waals surface area contributed by atoms with Crippen molar-refractivity contribution in [2.24, 2.45) is 0 Å². The lowest BCUT2D eigenvalue weighted by molar-refractivity contribution is 0.0764. The van der Waals surface area contributed by atoms with Gasteiger partial charge in [-0.2, -0.15) is 0 Å². The van der Waals surface area contributed by atoms with E-state index in [9.17, 15) is 0 Å². The van der Waals surface area contributed by atoms with Gasteiger partial charge in [0.15, 0.2) is 0 Å². The molecule has 0 bridgehead atoms. The van der Waals surface area contributed by atoms with E-state index in [1.54, 1.807) is 11.3 Å². The minimum Gasteiger partial charge on any atom is -0.276 e. The van der Waals surface area contributed by atoms with Crippen LogP contribution in [0.4, 0.5) is 0 Å². The van der Waals surface area contributed by atoms with Gasteiger partial charge in [0.1, 0.15) is 0 Å². The Kier molecular flexibility index (Phi) is 4.62. The van der Waals surface area contributed by atoms with E-state index in [0.29, 0.717) is 6.61 Å². The molecule has 1 rings (SSSR count). The van der Waals surface area contributed by atoms with Crippen LogP contribution in [0.25, 0.3) is 5.70 Å². The zero-order chi connectivity index (χ0) is 10.4. The number of nitrogens with one attached hydrogen (secondary N) is 1. The summed E-state index contributed by atoms with van der Waals surface area (Å²) in [4.78, 5) is 10.4. The van der Waals surface area contributed by atoms with Crippen LogP contribution in [-0.4, -0.2) is 11.6 Å². The summed E-state index contributed by atoms with van der Waals surface area (Å²) >= 11 is 1.57.